The Kier molecular flexibility index (Phi) is 4.74. The highest BCUT2D eigenvalue weighted by Gasteiger charge is 2.31. The van der Waals surface area contributed by atoms with Gasteiger partial charge >= 0.3 is 0 Å². The highest BCUT2D eigenvalue weighted by Crippen LogP contribution is 2.29. The first-order valence-corrected chi connectivity index (χ1v) is 9.50. The largest absolute Gasteiger partial charge is 0.354 e. The van der Waals surface area contributed by atoms with Gasteiger partial charge in [-0.3, -0.25) is 4.79 Å². The molecule has 0 unspecified atom stereocenters. The van der Waals surface area contributed by atoms with E-state index in [2.05, 4.69) is 37.8 Å². The second-order valence-corrected chi connectivity index (χ2v) is 7.46. The average Bonchev–Trinajstić information content (AvgIpc) is 2.61. The van der Waals surface area contributed by atoms with Crippen molar-refractivity contribution in [3.63, 3.8) is 0 Å². The van der Waals surface area contributed by atoms with Crippen LogP contribution in [0.3, 0.4) is 0 Å². The van der Waals surface area contributed by atoms with Crippen LogP contribution in [0.2, 0.25) is 0 Å². The van der Waals surface area contributed by atoms with E-state index in [-0.39, 0.29) is 0 Å². The number of carbonyl (C=O) groups excluding carboxylic acids is 1. The summed E-state index contributed by atoms with van der Waals surface area (Å²) in [5.74, 6) is 2.67. The van der Waals surface area contributed by atoms with Gasteiger partial charge in [-0.05, 0) is 19.9 Å². The second kappa shape index (κ2) is 7.15. The minimum absolute atomic E-state index is 0.300. The first-order chi connectivity index (χ1) is 12.2. The van der Waals surface area contributed by atoms with E-state index in [4.69, 9.17) is 0 Å². The molecule has 0 aromatic carbocycles. The van der Waals surface area contributed by atoms with Crippen LogP contribution in [0.4, 0.5) is 11.6 Å². The summed E-state index contributed by atoms with van der Waals surface area (Å²) in [6, 6.07) is 2.11. The third kappa shape index (κ3) is 3.56. The molecule has 0 atom stereocenters. The van der Waals surface area contributed by atoms with E-state index in [1.807, 2.05) is 4.90 Å². The first-order valence-electron chi connectivity index (χ1n) is 9.50. The summed E-state index contributed by atoms with van der Waals surface area (Å²) < 4.78 is 0. The number of hydrogen-bond donors (Lipinski definition) is 0. The Hall–Kier alpha value is -1.89. The Morgan fingerprint density at radius 2 is 1.48 bits per heavy atom. The molecule has 0 spiro atoms. The van der Waals surface area contributed by atoms with E-state index < -0.39 is 0 Å². The molecule has 25 heavy (non-hydrogen) atoms. The quantitative estimate of drug-likeness (QED) is 0.804. The maximum atomic E-state index is 12.4. The van der Waals surface area contributed by atoms with Gasteiger partial charge in [-0.15, -0.1) is 0 Å². The fourth-order valence-electron chi connectivity index (χ4n) is 3.79. The molecule has 7 heteroatoms. The predicted octanol–water partition coefficient (Wildman–Crippen LogP) is 0.677. The summed E-state index contributed by atoms with van der Waals surface area (Å²) in [6.07, 6.45) is 5.06. The minimum atomic E-state index is 0.300. The van der Waals surface area contributed by atoms with E-state index in [1.165, 1.54) is 6.42 Å². The molecule has 0 radical (unpaired) electrons. The molecule has 1 saturated carbocycles. The summed E-state index contributed by atoms with van der Waals surface area (Å²) >= 11 is 0. The van der Waals surface area contributed by atoms with Crippen molar-refractivity contribution in [1.29, 1.82) is 0 Å². The van der Waals surface area contributed by atoms with Gasteiger partial charge in [-0.1, -0.05) is 6.42 Å². The fourth-order valence-corrected chi connectivity index (χ4v) is 3.79. The van der Waals surface area contributed by atoms with Crippen LogP contribution < -0.4 is 9.80 Å². The summed E-state index contributed by atoms with van der Waals surface area (Å²) in [4.78, 5) is 30.3. The Morgan fingerprint density at radius 1 is 0.920 bits per heavy atom. The van der Waals surface area contributed by atoms with Gasteiger partial charge in [0.15, 0.2) is 0 Å². The van der Waals surface area contributed by atoms with Crippen molar-refractivity contribution in [2.24, 2.45) is 5.92 Å². The van der Waals surface area contributed by atoms with Crippen LogP contribution in [0.1, 0.15) is 19.3 Å². The normalized spacial score (nSPS) is 22.8. The van der Waals surface area contributed by atoms with Crippen molar-refractivity contribution in [3.8, 4) is 0 Å². The summed E-state index contributed by atoms with van der Waals surface area (Å²) in [7, 11) is 2.16. The molecule has 3 fully saturated rings. The van der Waals surface area contributed by atoms with Crippen LogP contribution in [-0.2, 0) is 4.79 Å². The number of piperazine rings is 2. The molecular weight excluding hydrogens is 316 g/mol. The van der Waals surface area contributed by atoms with Crippen LogP contribution in [0.5, 0.6) is 0 Å². The van der Waals surface area contributed by atoms with Gasteiger partial charge in [0.2, 0.25) is 5.91 Å². The Balaban J connectivity index is 1.36. The lowest BCUT2D eigenvalue weighted by molar-refractivity contribution is -0.138. The number of hydrogen-bond acceptors (Lipinski definition) is 6. The smallest absolute Gasteiger partial charge is 0.225 e. The Labute approximate surface area is 149 Å². The fraction of sp³-hybridized carbons (Fsp3) is 0.722. The van der Waals surface area contributed by atoms with Crippen LogP contribution in [0.15, 0.2) is 12.4 Å². The number of rotatable bonds is 3. The molecule has 4 rings (SSSR count). The van der Waals surface area contributed by atoms with Crippen molar-refractivity contribution < 1.29 is 4.79 Å². The van der Waals surface area contributed by atoms with Crippen LogP contribution in [-0.4, -0.2) is 85.1 Å². The lowest BCUT2D eigenvalue weighted by Gasteiger charge is -2.39. The van der Waals surface area contributed by atoms with Crippen molar-refractivity contribution in [1.82, 2.24) is 19.8 Å². The van der Waals surface area contributed by atoms with Gasteiger partial charge in [0.25, 0.3) is 0 Å². The van der Waals surface area contributed by atoms with Gasteiger partial charge in [0.05, 0.1) is 0 Å². The van der Waals surface area contributed by atoms with Gasteiger partial charge in [-0.25, -0.2) is 9.97 Å². The Bertz CT molecular complexity index is 603. The topological polar surface area (TPSA) is 55.8 Å². The van der Waals surface area contributed by atoms with E-state index in [0.29, 0.717) is 11.8 Å². The molecule has 136 valence electrons. The minimum Gasteiger partial charge on any atom is -0.354 e. The predicted molar refractivity (Wildman–Crippen MR) is 97.9 cm³/mol. The first kappa shape index (κ1) is 16.6. The molecule has 3 heterocycles. The van der Waals surface area contributed by atoms with E-state index in [9.17, 15) is 4.79 Å². The van der Waals surface area contributed by atoms with Crippen LogP contribution in [0, 0.1) is 5.92 Å². The molecule has 1 amide bonds. The number of aromatic nitrogens is 2. The monoisotopic (exact) mass is 344 g/mol. The van der Waals surface area contributed by atoms with E-state index in [1.54, 1.807) is 6.33 Å². The van der Waals surface area contributed by atoms with Crippen molar-refractivity contribution in [3.05, 3.63) is 12.4 Å². The third-order valence-electron chi connectivity index (χ3n) is 5.84. The molecule has 2 aliphatic heterocycles. The highest BCUT2D eigenvalue weighted by molar-refractivity contribution is 5.79. The van der Waals surface area contributed by atoms with Gasteiger partial charge in [-0.2, -0.15) is 0 Å². The number of carbonyl (C=O) groups is 1. The maximum Gasteiger partial charge on any atom is 0.225 e. The molecule has 1 aromatic rings. The van der Waals surface area contributed by atoms with Gasteiger partial charge < -0.3 is 19.6 Å². The van der Waals surface area contributed by atoms with E-state index in [0.717, 1.165) is 76.8 Å². The second-order valence-electron chi connectivity index (χ2n) is 7.46. The highest BCUT2D eigenvalue weighted by atomic mass is 16.2. The lowest BCUT2D eigenvalue weighted by Crippen LogP contribution is -2.51. The SMILES string of the molecule is CN1CCN(c2cc(N3CCN(C(=O)C4CCC4)CC3)ncn2)CC1. The number of anilines is 2. The molecular formula is C18H28N6O. The zero-order chi connectivity index (χ0) is 17.2. The molecule has 7 nitrogen and oxygen atoms in total. The van der Waals surface area contributed by atoms with Crippen LogP contribution in [0.25, 0.3) is 0 Å². The van der Waals surface area contributed by atoms with Crippen molar-refractivity contribution in [2.45, 2.75) is 19.3 Å². The molecule has 2 saturated heterocycles. The third-order valence-corrected chi connectivity index (χ3v) is 5.84. The molecule has 0 bridgehead atoms. The summed E-state index contributed by atoms with van der Waals surface area (Å²) in [5.41, 5.74) is 0. The van der Waals surface area contributed by atoms with E-state index >= 15 is 0 Å². The van der Waals surface area contributed by atoms with Crippen molar-refractivity contribution in [2.75, 3.05) is 69.2 Å². The number of amides is 1. The number of likely N-dealkylation sites (N-methyl/N-ethyl adjacent to an activating group) is 1. The lowest BCUT2D eigenvalue weighted by atomic mass is 9.84. The Morgan fingerprint density at radius 3 is 2.00 bits per heavy atom. The zero-order valence-corrected chi connectivity index (χ0v) is 15.1. The standard InChI is InChI=1S/C18H28N6O/c1-21-5-7-22(8-6-21)16-13-17(20-14-19-16)23-9-11-24(12-10-23)18(25)15-3-2-4-15/h13-15H,2-12H2,1H3. The zero-order valence-electron chi connectivity index (χ0n) is 15.1. The summed E-state index contributed by atoms with van der Waals surface area (Å²) in [6.45, 7) is 7.50. The maximum absolute atomic E-state index is 12.4. The van der Waals surface area contributed by atoms with Crippen molar-refractivity contribution >= 4 is 17.5 Å². The average molecular weight is 344 g/mol. The van der Waals surface area contributed by atoms with Gasteiger partial charge in [0.1, 0.15) is 18.0 Å². The molecule has 3 aliphatic rings. The van der Waals surface area contributed by atoms with Crippen LogP contribution >= 0.6 is 0 Å². The summed E-state index contributed by atoms with van der Waals surface area (Å²) in [5, 5.41) is 0. The number of nitrogens with zero attached hydrogens (tertiary/aromatic N) is 6. The van der Waals surface area contributed by atoms with Gasteiger partial charge in [0, 0.05) is 64.3 Å². The molecule has 1 aromatic heterocycles. The molecule has 1 aliphatic carbocycles. The molecule has 0 N–H and O–H groups in total.